The van der Waals surface area contributed by atoms with Gasteiger partial charge in [0.15, 0.2) is 0 Å². The lowest BCUT2D eigenvalue weighted by molar-refractivity contribution is 0.564. The van der Waals surface area contributed by atoms with E-state index in [9.17, 15) is 9.18 Å². The van der Waals surface area contributed by atoms with Gasteiger partial charge in [0.05, 0.1) is 23.6 Å². The van der Waals surface area contributed by atoms with Crippen molar-refractivity contribution >= 4 is 10.8 Å². The first kappa shape index (κ1) is 10.7. The molecule has 3 rings (SSSR count). The second-order valence-corrected chi connectivity index (χ2v) is 3.97. The lowest BCUT2D eigenvalue weighted by Gasteiger charge is -2.03. The summed E-state index contributed by atoms with van der Waals surface area (Å²) in [6.07, 6.45) is 3.63. The third-order valence-electron chi connectivity index (χ3n) is 2.80. The van der Waals surface area contributed by atoms with E-state index >= 15 is 0 Å². The molecule has 0 bridgehead atoms. The summed E-state index contributed by atoms with van der Waals surface area (Å²) >= 11 is 0. The van der Waals surface area contributed by atoms with E-state index in [-0.39, 0.29) is 5.39 Å². The van der Waals surface area contributed by atoms with Crippen LogP contribution in [0.15, 0.2) is 46.0 Å². The Labute approximate surface area is 101 Å². The van der Waals surface area contributed by atoms with Gasteiger partial charge in [-0.1, -0.05) is 12.1 Å². The van der Waals surface area contributed by atoms with Crippen molar-refractivity contribution in [1.82, 2.24) is 10.2 Å². The van der Waals surface area contributed by atoms with Gasteiger partial charge in [-0.25, -0.2) is 9.49 Å². The average Bonchev–Trinajstić information content (AvgIpc) is 2.86. The van der Waals surface area contributed by atoms with Gasteiger partial charge in [0, 0.05) is 11.8 Å². The largest absolute Gasteiger partial charge is 0.472 e. The summed E-state index contributed by atoms with van der Waals surface area (Å²) < 4.78 is 18.6. The second-order valence-electron chi connectivity index (χ2n) is 3.97. The summed E-state index contributed by atoms with van der Waals surface area (Å²) in [5.41, 5.74) is 1.02. The van der Waals surface area contributed by atoms with Crippen molar-refractivity contribution in [3.8, 4) is 0 Å². The quantitative estimate of drug-likeness (QED) is 0.752. The molecule has 0 aliphatic rings. The van der Waals surface area contributed by atoms with Gasteiger partial charge in [0.1, 0.15) is 5.82 Å². The highest BCUT2D eigenvalue weighted by Crippen LogP contribution is 2.18. The Morgan fingerprint density at radius 3 is 3.00 bits per heavy atom. The highest BCUT2D eigenvalue weighted by molar-refractivity contribution is 5.84. The van der Waals surface area contributed by atoms with Gasteiger partial charge < -0.3 is 4.42 Å². The molecule has 3 aromatic rings. The number of furan rings is 1. The molecular formula is C13H9FN2O2. The first-order valence-electron chi connectivity index (χ1n) is 5.42. The van der Waals surface area contributed by atoms with Crippen LogP contribution in [0.5, 0.6) is 0 Å². The monoisotopic (exact) mass is 244 g/mol. The molecule has 0 atom stereocenters. The molecule has 0 fully saturated rings. The third kappa shape index (κ3) is 1.69. The maximum Gasteiger partial charge on any atom is 0.275 e. The lowest BCUT2D eigenvalue weighted by Crippen LogP contribution is -2.12. The first-order valence-corrected chi connectivity index (χ1v) is 5.42. The zero-order chi connectivity index (χ0) is 12.5. The van der Waals surface area contributed by atoms with Crippen molar-refractivity contribution in [3.05, 3.63) is 64.2 Å². The maximum absolute atomic E-state index is 13.6. The minimum atomic E-state index is -0.537. The van der Waals surface area contributed by atoms with Crippen molar-refractivity contribution in [2.45, 2.75) is 6.42 Å². The van der Waals surface area contributed by atoms with Crippen LogP contribution >= 0.6 is 0 Å². The highest BCUT2D eigenvalue weighted by atomic mass is 19.1. The number of aromatic nitrogens is 2. The fourth-order valence-electron chi connectivity index (χ4n) is 1.95. The standard InChI is InChI=1S/C13H9FN2O2/c14-10-3-1-2-9-11(6-8-4-5-18-7-8)15-16-13(17)12(9)10/h1-5,7H,6H2,(H,16,17). The summed E-state index contributed by atoms with van der Waals surface area (Å²) in [6.45, 7) is 0. The molecule has 0 aliphatic heterocycles. The van der Waals surface area contributed by atoms with Crippen molar-refractivity contribution in [1.29, 1.82) is 0 Å². The predicted molar refractivity (Wildman–Crippen MR) is 63.8 cm³/mol. The number of fused-ring (bicyclic) bond motifs is 1. The van der Waals surface area contributed by atoms with E-state index in [0.29, 0.717) is 17.5 Å². The van der Waals surface area contributed by atoms with Gasteiger partial charge in [-0.15, -0.1) is 0 Å². The highest BCUT2D eigenvalue weighted by Gasteiger charge is 2.11. The van der Waals surface area contributed by atoms with Crippen LogP contribution in [0.3, 0.4) is 0 Å². The van der Waals surface area contributed by atoms with Crippen molar-refractivity contribution < 1.29 is 8.81 Å². The van der Waals surface area contributed by atoms with Crippen LogP contribution in [0.25, 0.3) is 10.8 Å². The zero-order valence-corrected chi connectivity index (χ0v) is 9.31. The number of hydrogen-bond donors (Lipinski definition) is 1. The number of H-pyrrole nitrogens is 1. The first-order chi connectivity index (χ1) is 8.75. The summed E-state index contributed by atoms with van der Waals surface area (Å²) in [7, 11) is 0. The average molecular weight is 244 g/mol. The second kappa shape index (κ2) is 4.10. The molecule has 2 aromatic heterocycles. The van der Waals surface area contributed by atoms with E-state index in [2.05, 4.69) is 10.2 Å². The molecule has 0 saturated carbocycles. The normalized spacial score (nSPS) is 10.9. The van der Waals surface area contributed by atoms with Crippen molar-refractivity contribution in [2.24, 2.45) is 0 Å². The topological polar surface area (TPSA) is 58.9 Å². The maximum atomic E-state index is 13.6. The number of nitrogens with one attached hydrogen (secondary N) is 1. The van der Waals surface area contributed by atoms with Crippen LogP contribution in [0.4, 0.5) is 4.39 Å². The van der Waals surface area contributed by atoms with Crippen LogP contribution in [0.2, 0.25) is 0 Å². The number of aromatic amines is 1. The molecule has 0 radical (unpaired) electrons. The SMILES string of the molecule is O=c1[nH]nc(Cc2ccoc2)c2cccc(F)c12. The van der Waals surface area contributed by atoms with Crippen LogP contribution in [0.1, 0.15) is 11.3 Å². The number of hydrogen-bond acceptors (Lipinski definition) is 3. The van der Waals surface area contributed by atoms with Crippen molar-refractivity contribution in [2.75, 3.05) is 0 Å². The van der Waals surface area contributed by atoms with E-state index in [1.165, 1.54) is 6.07 Å². The molecule has 18 heavy (non-hydrogen) atoms. The van der Waals surface area contributed by atoms with Gasteiger partial charge in [0.2, 0.25) is 0 Å². The molecule has 0 spiro atoms. The van der Waals surface area contributed by atoms with E-state index in [1.54, 1.807) is 30.7 Å². The number of halogens is 1. The summed E-state index contributed by atoms with van der Waals surface area (Å²) in [4.78, 5) is 11.6. The van der Waals surface area contributed by atoms with E-state index < -0.39 is 11.4 Å². The van der Waals surface area contributed by atoms with Crippen LogP contribution in [0, 0.1) is 5.82 Å². The zero-order valence-electron chi connectivity index (χ0n) is 9.31. The van der Waals surface area contributed by atoms with Gasteiger partial charge >= 0.3 is 0 Å². The Morgan fingerprint density at radius 2 is 2.22 bits per heavy atom. The summed E-state index contributed by atoms with van der Waals surface area (Å²) in [6, 6.07) is 6.32. The molecule has 2 heterocycles. The Hall–Kier alpha value is -2.43. The minimum Gasteiger partial charge on any atom is -0.472 e. The number of benzene rings is 1. The number of rotatable bonds is 2. The molecule has 1 N–H and O–H groups in total. The van der Waals surface area contributed by atoms with Gasteiger partial charge in [-0.2, -0.15) is 5.10 Å². The number of nitrogens with zero attached hydrogens (tertiary/aromatic N) is 1. The molecular weight excluding hydrogens is 235 g/mol. The molecule has 0 saturated heterocycles. The lowest BCUT2D eigenvalue weighted by atomic mass is 10.1. The molecule has 0 aliphatic carbocycles. The van der Waals surface area contributed by atoms with Gasteiger partial charge in [-0.05, 0) is 17.7 Å². The minimum absolute atomic E-state index is 0.0472. The van der Waals surface area contributed by atoms with Crippen LogP contribution in [-0.2, 0) is 6.42 Å². The molecule has 4 nitrogen and oxygen atoms in total. The Balaban J connectivity index is 2.22. The fourth-order valence-corrected chi connectivity index (χ4v) is 1.95. The van der Waals surface area contributed by atoms with E-state index in [4.69, 9.17) is 4.42 Å². The third-order valence-corrected chi connectivity index (χ3v) is 2.80. The molecule has 5 heteroatoms. The molecule has 1 aromatic carbocycles. The van der Waals surface area contributed by atoms with Gasteiger partial charge in [-0.3, -0.25) is 4.79 Å². The van der Waals surface area contributed by atoms with E-state index in [0.717, 1.165) is 5.56 Å². The Bertz CT molecular complexity index is 747. The van der Waals surface area contributed by atoms with Gasteiger partial charge in [0.25, 0.3) is 5.56 Å². The van der Waals surface area contributed by atoms with Crippen LogP contribution < -0.4 is 5.56 Å². The van der Waals surface area contributed by atoms with E-state index in [1.807, 2.05) is 0 Å². The van der Waals surface area contributed by atoms with Crippen molar-refractivity contribution in [3.63, 3.8) is 0 Å². The predicted octanol–water partition coefficient (Wildman–Crippen LogP) is 2.25. The summed E-state index contributed by atoms with van der Waals surface area (Å²) in [5, 5.41) is 6.87. The Kier molecular flexibility index (Phi) is 2.44. The molecule has 0 unspecified atom stereocenters. The van der Waals surface area contributed by atoms with Crippen LogP contribution in [-0.4, -0.2) is 10.2 Å². The summed E-state index contributed by atoms with van der Waals surface area (Å²) in [5.74, 6) is -0.537. The fraction of sp³-hybridized carbons (Fsp3) is 0.0769. The smallest absolute Gasteiger partial charge is 0.275 e. The molecule has 0 amide bonds. The molecule has 90 valence electrons. The Morgan fingerprint density at radius 1 is 1.33 bits per heavy atom.